The molecule has 1 aliphatic rings. The molecular formula is C17H18O3. The van der Waals surface area contributed by atoms with Crippen molar-refractivity contribution in [3.8, 4) is 11.5 Å². The molecule has 1 atom stereocenters. The highest BCUT2D eigenvalue weighted by Crippen LogP contribution is 2.36. The third kappa shape index (κ3) is 2.37. The van der Waals surface area contributed by atoms with Crippen molar-refractivity contribution in [2.75, 3.05) is 13.7 Å². The number of aliphatic hydroxyl groups is 1. The van der Waals surface area contributed by atoms with Crippen LogP contribution in [0.5, 0.6) is 11.5 Å². The van der Waals surface area contributed by atoms with Crippen LogP contribution in [0.1, 0.15) is 22.6 Å². The van der Waals surface area contributed by atoms with Gasteiger partial charge in [-0.2, -0.15) is 0 Å². The third-order valence-electron chi connectivity index (χ3n) is 3.81. The molecule has 1 N–H and O–H groups in total. The predicted octanol–water partition coefficient (Wildman–Crippen LogP) is 2.91. The van der Waals surface area contributed by atoms with Gasteiger partial charge in [-0.15, -0.1) is 0 Å². The molecule has 0 saturated carbocycles. The van der Waals surface area contributed by atoms with Crippen LogP contribution in [0.2, 0.25) is 0 Å². The number of ether oxygens (including phenoxy) is 2. The van der Waals surface area contributed by atoms with Crippen molar-refractivity contribution in [3.63, 3.8) is 0 Å². The van der Waals surface area contributed by atoms with Crippen LogP contribution < -0.4 is 9.47 Å². The lowest BCUT2D eigenvalue weighted by Gasteiger charge is -2.30. The molecule has 3 rings (SSSR count). The monoisotopic (exact) mass is 270 g/mol. The van der Waals surface area contributed by atoms with Crippen molar-refractivity contribution in [1.29, 1.82) is 0 Å². The Hall–Kier alpha value is -2.00. The fourth-order valence-corrected chi connectivity index (χ4v) is 2.63. The molecule has 0 amide bonds. The van der Waals surface area contributed by atoms with Gasteiger partial charge in [-0.05, 0) is 35.2 Å². The normalized spacial score (nSPS) is 16.2. The summed E-state index contributed by atoms with van der Waals surface area (Å²) < 4.78 is 11.2. The zero-order valence-corrected chi connectivity index (χ0v) is 11.5. The van der Waals surface area contributed by atoms with Gasteiger partial charge in [0.2, 0.25) is 0 Å². The summed E-state index contributed by atoms with van der Waals surface area (Å²) in [5, 5.41) is 9.13. The molecule has 1 unspecified atom stereocenters. The van der Waals surface area contributed by atoms with Gasteiger partial charge in [0.15, 0.2) is 11.5 Å². The second-order valence-electron chi connectivity index (χ2n) is 5.05. The maximum atomic E-state index is 9.13. The molecule has 20 heavy (non-hydrogen) atoms. The molecule has 1 aliphatic carbocycles. The van der Waals surface area contributed by atoms with E-state index in [0.717, 1.165) is 17.7 Å². The molecule has 0 spiro atoms. The van der Waals surface area contributed by atoms with Gasteiger partial charge in [0.05, 0.1) is 20.3 Å². The number of benzene rings is 2. The van der Waals surface area contributed by atoms with Crippen LogP contribution in [-0.2, 0) is 13.0 Å². The highest BCUT2D eigenvalue weighted by atomic mass is 16.5. The number of hydrogen-bond acceptors (Lipinski definition) is 3. The van der Waals surface area contributed by atoms with E-state index in [0.29, 0.717) is 18.3 Å². The average Bonchev–Trinajstić information content (AvgIpc) is 2.48. The van der Waals surface area contributed by atoms with Crippen LogP contribution in [0, 0.1) is 0 Å². The average molecular weight is 270 g/mol. The molecule has 0 aliphatic heterocycles. The minimum atomic E-state index is 0.00659. The Kier molecular flexibility index (Phi) is 3.61. The maximum absolute atomic E-state index is 9.13. The van der Waals surface area contributed by atoms with Gasteiger partial charge in [0, 0.05) is 5.92 Å². The van der Waals surface area contributed by atoms with E-state index >= 15 is 0 Å². The van der Waals surface area contributed by atoms with E-state index < -0.39 is 0 Å². The Morgan fingerprint density at radius 2 is 2.00 bits per heavy atom. The fraction of sp³-hybridized carbons (Fsp3) is 0.294. The quantitative estimate of drug-likeness (QED) is 0.908. The summed E-state index contributed by atoms with van der Waals surface area (Å²) in [5.74, 6) is 1.87. The molecule has 0 aromatic heterocycles. The maximum Gasteiger partial charge on any atom is 0.161 e. The number of methoxy groups -OCH3 is 1. The zero-order chi connectivity index (χ0) is 13.9. The van der Waals surface area contributed by atoms with Crippen LogP contribution in [0.3, 0.4) is 0 Å². The van der Waals surface area contributed by atoms with Gasteiger partial charge < -0.3 is 14.6 Å². The molecule has 0 saturated heterocycles. The summed E-state index contributed by atoms with van der Waals surface area (Å²) >= 11 is 0. The Morgan fingerprint density at radius 3 is 2.75 bits per heavy atom. The van der Waals surface area contributed by atoms with Gasteiger partial charge in [-0.25, -0.2) is 0 Å². The topological polar surface area (TPSA) is 38.7 Å². The van der Waals surface area contributed by atoms with Crippen LogP contribution in [0.4, 0.5) is 0 Å². The lowest BCUT2D eigenvalue weighted by Crippen LogP contribution is -2.23. The first-order valence-corrected chi connectivity index (χ1v) is 6.80. The van der Waals surface area contributed by atoms with Crippen molar-refractivity contribution in [1.82, 2.24) is 0 Å². The van der Waals surface area contributed by atoms with Crippen molar-refractivity contribution in [2.24, 2.45) is 0 Å². The van der Waals surface area contributed by atoms with Gasteiger partial charge >= 0.3 is 0 Å². The predicted molar refractivity (Wildman–Crippen MR) is 77.3 cm³/mol. The summed E-state index contributed by atoms with van der Waals surface area (Å²) in [4.78, 5) is 0. The molecule has 3 heteroatoms. The van der Waals surface area contributed by atoms with Crippen LogP contribution >= 0.6 is 0 Å². The Bertz CT molecular complexity index is 607. The first-order chi connectivity index (χ1) is 9.81. The summed E-state index contributed by atoms with van der Waals surface area (Å²) in [5.41, 5.74) is 3.63. The summed E-state index contributed by atoms with van der Waals surface area (Å²) in [6.07, 6.45) is 1.08. The minimum absolute atomic E-state index is 0.00659. The molecule has 2 aromatic carbocycles. The molecule has 104 valence electrons. The largest absolute Gasteiger partial charge is 0.493 e. The van der Waals surface area contributed by atoms with Crippen LogP contribution in [0.15, 0.2) is 42.5 Å². The van der Waals surface area contributed by atoms with E-state index in [-0.39, 0.29) is 6.61 Å². The van der Waals surface area contributed by atoms with Gasteiger partial charge in [-0.3, -0.25) is 0 Å². The van der Waals surface area contributed by atoms with E-state index in [1.165, 1.54) is 11.1 Å². The minimum Gasteiger partial charge on any atom is -0.493 e. The number of fused-ring (bicyclic) bond motifs is 1. The van der Waals surface area contributed by atoms with E-state index in [4.69, 9.17) is 14.6 Å². The lowest BCUT2D eigenvalue weighted by atomic mass is 9.78. The van der Waals surface area contributed by atoms with Crippen molar-refractivity contribution < 1.29 is 14.6 Å². The van der Waals surface area contributed by atoms with Crippen molar-refractivity contribution in [3.05, 3.63) is 59.2 Å². The highest BCUT2D eigenvalue weighted by Gasteiger charge is 2.26. The molecule has 0 radical (unpaired) electrons. The Labute approximate surface area is 118 Å². The number of hydrogen-bond donors (Lipinski definition) is 1. The van der Waals surface area contributed by atoms with Gasteiger partial charge in [-0.1, -0.05) is 30.3 Å². The first-order valence-electron chi connectivity index (χ1n) is 6.80. The summed E-state index contributed by atoms with van der Waals surface area (Å²) in [7, 11) is 1.61. The Balaban J connectivity index is 1.68. The molecule has 0 bridgehead atoms. The Morgan fingerprint density at radius 1 is 1.15 bits per heavy atom. The standard InChI is InChI=1S/C17H18O3/c1-19-17-8-12(10-18)6-7-16(17)20-11-14-9-13-4-2-3-5-15(13)14/h2-8,14,18H,9-11H2,1H3. The third-order valence-corrected chi connectivity index (χ3v) is 3.81. The van der Waals surface area contributed by atoms with Crippen molar-refractivity contribution >= 4 is 0 Å². The second-order valence-corrected chi connectivity index (χ2v) is 5.05. The van der Waals surface area contributed by atoms with Gasteiger partial charge in [0.25, 0.3) is 0 Å². The van der Waals surface area contributed by atoms with E-state index in [1.54, 1.807) is 7.11 Å². The van der Waals surface area contributed by atoms with Crippen LogP contribution in [0.25, 0.3) is 0 Å². The molecule has 2 aromatic rings. The first kappa shape index (κ1) is 13.0. The lowest BCUT2D eigenvalue weighted by molar-refractivity contribution is 0.258. The summed E-state index contributed by atoms with van der Waals surface area (Å²) in [6.45, 7) is 0.665. The molecule has 0 fully saturated rings. The smallest absolute Gasteiger partial charge is 0.161 e. The van der Waals surface area contributed by atoms with E-state index in [1.807, 2.05) is 18.2 Å². The van der Waals surface area contributed by atoms with E-state index in [9.17, 15) is 0 Å². The fourth-order valence-electron chi connectivity index (χ4n) is 2.63. The molecule has 0 heterocycles. The second kappa shape index (κ2) is 5.55. The van der Waals surface area contributed by atoms with E-state index in [2.05, 4.69) is 24.3 Å². The van der Waals surface area contributed by atoms with Crippen molar-refractivity contribution in [2.45, 2.75) is 18.9 Å². The molecular weight excluding hydrogens is 252 g/mol. The SMILES string of the molecule is COc1cc(CO)ccc1OCC1Cc2ccccc21. The number of rotatable bonds is 5. The number of aliphatic hydroxyl groups excluding tert-OH is 1. The van der Waals surface area contributed by atoms with Gasteiger partial charge in [0.1, 0.15) is 0 Å². The highest BCUT2D eigenvalue weighted by molar-refractivity contribution is 5.44. The summed E-state index contributed by atoms with van der Waals surface area (Å²) in [6, 6.07) is 14.0. The van der Waals surface area contributed by atoms with Crippen LogP contribution in [-0.4, -0.2) is 18.8 Å². The zero-order valence-electron chi connectivity index (χ0n) is 11.5. The molecule has 3 nitrogen and oxygen atoms in total.